The summed E-state index contributed by atoms with van der Waals surface area (Å²) in [6.07, 6.45) is -2.61. The third kappa shape index (κ3) is 1.94. The van der Waals surface area contributed by atoms with Crippen LogP contribution in [-0.2, 0) is 6.18 Å². The number of thiol groups is 1. The Labute approximate surface area is 72.8 Å². The summed E-state index contributed by atoms with van der Waals surface area (Å²) < 4.78 is 37.1. The third-order valence-electron chi connectivity index (χ3n) is 1.31. The van der Waals surface area contributed by atoms with Crippen LogP contribution in [0, 0.1) is 0 Å². The van der Waals surface area contributed by atoms with Crippen LogP contribution in [-0.4, -0.2) is 9.78 Å². The quantitative estimate of drug-likeness (QED) is 0.682. The summed E-state index contributed by atoms with van der Waals surface area (Å²) in [6.45, 7) is 1.64. The molecule has 0 saturated carbocycles. The number of nitrogens with zero attached hydrogens (tertiary/aromatic N) is 2. The molecule has 0 aromatic carbocycles. The van der Waals surface area contributed by atoms with Gasteiger partial charge in [-0.25, -0.2) is 0 Å². The maximum atomic E-state index is 12.0. The monoisotopic (exact) mass is 196 g/mol. The van der Waals surface area contributed by atoms with Gasteiger partial charge < -0.3 is 0 Å². The van der Waals surface area contributed by atoms with Crippen molar-refractivity contribution in [2.75, 3.05) is 0 Å². The van der Waals surface area contributed by atoms with Crippen molar-refractivity contribution in [1.82, 2.24) is 9.78 Å². The summed E-state index contributed by atoms with van der Waals surface area (Å²) in [4.78, 5) is 0. The van der Waals surface area contributed by atoms with Gasteiger partial charge in [0.25, 0.3) is 0 Å². The van der Waals surface area contributed by atoms with Crippen LogP contribution in [0.2, 0.25) is 0 Å². The number of rotatable bonds is 1. The SMILES string of the molecule is CC(S)n1cc(C(F)(F)F)cn1. The van der Waals surface area contributed by atoms with Crippen molar-refractivity contribution >= 4 is 12.6 Å². The lowest BCUT2D eigenvalue weighted by Gasteiger charge is -2.03. The van der Waals surface area contributed by atoms with Crippen molar-refractivity contribution in [2.24, 2.45) is 0 Å². The number of hydrogen-bond donors (Lipinski definition) is 1. The molecule has 0 radical (unpaired) electrons. The van der Waals surface area contributed by atoms with Gasteiger partial charge >= 0.3 is 6.18 Å². The average molecular weight is 196 g/mol. The second-order valence-electron chi connectivity index (χ2n) is 2.34. The number of hydrogen-bond acceptors (Lipinski definition) is 2. The molecule has 68 valence electrons. The van der Waals surface area contributed by atoms with E-state index in [0.29, 0.717) is 0 Å². The molecule has 1 atom stereocenters. The largest absolute Gasteiger partial charge is 0.419 e. The van der Waals surface area contributed by atoms with Gasteiger partial charge in [-0.15, -0.1) is 0 Å². The summed E-state index contributed by atoms with van der Waals surface area (Å²) in [5, 5.41) is 3.16. The van der Waals surface area contributed by atoms with Crippen molar-refractivity contribution in [3.05, 3.63) is 18.0 Å². The van der Waals surface area contributed by atoms with E-state index >= 15 is 0 Å². The molecular weight excluding hydrogens is 189 g/mol. The molecule has 1 aromatic rings. The van der Waals surface area contributed by atoms with Gasteiger partial charge in [0.2, 0.25) is 0 Å². The van der Waals surface area contributed by atoms with Gasteiger partial charge in [-0.2, -0.15) is 30.9 Å². The van der Waals surface area contributed by atoms with Gasteiger partial charge in [-0.3, -0.25) is 4.68 Å². The van der Waals surface area contributed by atoms with E-state index in [4.69, 9.17) is 0 Å². The fourth-order valence-electron chi connectivity index (χ4n) is 0.689. The summed E-state index contributed by atoms with van der Waals surface area (Å²) >= 11 is 3.93. The molecule has 0 saturated heterocycles. The number of aromatic nitrogens is 2. The number of halogens is 3. The smallest absolute Gasteiger partial charge is 0.260 e. The molecule has 0 aliphatic rings. The highest BCUT2D eigenvalue weighted by Gasteiger charge is 2.32. The van der Waals surface area contributed by atoms with Crippen LogP contribution < -0.4 is 0 Å². The van der Waals surface area contributed by atoms with Crippen LogP contribution in [0.1, 0.15) is 17.9 Å². The van der Waals surface area contributed by atoms with Crippen molar-refractivity contribution < 1.29 is 13.2 Å². The maximum absolute atomic E-state index is 12.0. The van der Waals surface area contributed by atoms with Crippen LogP contribution in [0.15, 0.2) is 12.4 Å². The minimum Gasteiger partial charge on any atom is -0.260 e. The molecule has 1 aromatic heterocycles. The molecular formula is C6H7F3N2S. The van der Waals surface area contributed by atoms with Gasteiger partial charge in [-0.1, -0.05) is 0 Å². The molecule has 1 unspecified atom stereocenters. The molecule has 0 aliphatic heterocycles. The lowest BCUT2D eigenvalue weighted by Crippen LogP contribution is -2.03. The summed E-state index contributed by atoms with van der Waals surface area (Å²) in [5.74, 6) is 0. The second-order valence-corrected chi connectivity index (χ2v) is 3.09. The standard InChI is InChI=1S/C6H7F3N2S/c1-4(12)11-3-5(2-10-11)6(7,8)9/h2-4,12H,1H3. The van der Waals surface area contributed by atoms with Crippen molar-refractivity contribution in [3.63, 3.8) is 0 Å². The average Bonchev–Trinajstić information content (AvgIpc) is 2.30. The van der Waals surface area contributed by atoms with E-state index < -0.39 is 11.7 Å². The van der Waals surface area contributed by atoms with Crippen LogP contribution in [0.4, 0.5) is 13.2 Å². The van der Waals surface area contributed by atoms with E-state index in [0.717, 1.165) is 17.1 Å². The molecule has 0 spiro atoms. The van der Waals surface area contributed by atoms with E-state index in [2.05, 4.69) is 17.7 Å². The van der Waals surface area contributed by atoms with E-state index in [1.807, 2.05) is 0 Å². The molecule has 1 rings (SSSR count). The van der Waals surface area contributed by atoms with Crippen molar-refractivity contribution in [1.29, 1.82) is 0 Å². The van der Waals surface area contributed by atoms with Gasteiger partial charge in [0.15, 0.2) is 0 Å². The Bertz CT molecular complexity index is 266. The molecule has 0 fully saturated rings. The summed E-state index contributed by atoms with van der Waals surface area (Å²) in [7, 11) is 0. The first-order valence-electron chi connectivity index (χ1n) is 3.20. The van der Waals surface area contributed by atoms with Gasteiger partial charge in [0.1, 0.15) is 0 Å². The Kier molecular flexibility index (Phi) is 2.36. The molecule has 2 nitrogen and oxygen atoms in total. The van der Waals surface area contributed by atoms with Crippen molar-refractivity contribution in [3.8, 4) is 0 Å². The second kappa shape index (κ2) is 3.01. The van der Waals surface area contributed by atoms with E-state index in [1.165, 1.54) is 0 Å². The predicted molar refractivity (Wildman–Crippen MR) is 40.9 cm³/mol. The fraction of sp³-hybridized carbons (Fsp3) is 0.500. The highest BCUT2D eigenvalue weighted by atomic mass is 32.1. The van der Waals surface area contributed by atoms with Gasteiger partial charge in [0.05, 0.1) is 17.1 Å². The third-order valence-corrected chi connectivity index (χ3v) is 1.55. The minimum absolute atomic E-state index is 0.346. The Morgan fingerprint density at radius 3 is 2.42 bits per heavy atom. The van der Waals surface area contributed by atoms with Gasteiger partial charge in [0, 0.05) is 6.20 Å². The number of alkyl halides is 3. The first-order valence-corrected chi connectivity index (χ1v) is 3.72. The Hall–Kier alpha value is -0.650. The predicted octanol–water partition coefficient (Wildman–Crippen LogP) is 2.35. The van der Waals surface area contributed by atoms with E-state index in [9.17, 15) is 13.2 Å². The molecule has 6 heteroatoms. The first-order chi connectivity index (χ1) is 5.41. The molecule has 0 N–H and O–H groups in total. The first kappa shape index (κ1) is 9.44. The van der Waals surface area contributed by atoms with Crippen LogP contribution in [0.3, 0.4) is 0 Å². The topological polar surface area (TPSA) is 17.8 Å². The Morgan fingerprint density at radius 1 is 1.58 bits per heavy atom. The van der Waals surface area contributed by atoms with Crippen molar-refractivity contribution in [2.45, 2.75) is 18.5 Å². The Balaban J connectivity index is 2.92. The van der Waals surface area contributed by atoms with Gasteiger partial charge in [-0.05, 0) is 6.92 Å². The van der Waals surface area contributed by atoms with Crippen LogP contribution >= 0.6 is 12.6 Å². The highest BCUT2D eigenvalue weighted by molar-refractivity contribution is 7.80. The molecule has 0 aliphatic carbocycles. The molecule has 12 heavy (non-hydrogen) atoms. The fourth-order valence-corrected chi connectivity index (χ4v) is 0.815. The minimum atomic E-state index is -4.32. The zero-order valence-electron chi connectivity index (χ0n) is 6.21. The molecule has 1 heterocycles. The Morgan fingerprint density at radius 2 is 2.17 bits per heavy atom. The molecule has 0 amide bonds. The normalized spacial score (nSPS) is 14.8. The lowest BCUT2D eigenvalue weighted by molar-refractivity contribution is -0.137. The zero-order valence-corrected chi connectivity index (χ0v) is 7.10. The lowest BCUT2D eigenvalue weighted by atomic mass is 10.4. The summed E-state index contributed by atoms with van der Waals surface area (Å²) in [6, 6.07) is 0. The van der Waals surface area contributed by atoms with Crippen LogP contribution in [0.25, 0.3) is 0 Å². The van der Waals surface area contributed by atoms with E-state index in [1.54, 1.807) is 6.92 Å². The maximum Gasteiger partial charge on any atom is 0.419 e. The highest BCUT2D eigenvalue weighted by Crippen LogP contribution is 2.29. The summed E-state index contributed by atoms with van der Waals surface area (Å²) in [5.41, 5.74) is -0.747. The molecule has 0 bridgehead atoms. The zero-order chi connectivity index (χ0) is 9.35. The van der Waals surface area contributed by atoms with Crippen LogP contribution in [0.5, 0.6) is 0 Å². The van der Waals surface area contributed by atoms with E-state index in [-0.39, 0.29) is 5.37 Å².